The first kappa shape index (κ1) is 19.5. The van der Waals surface area contributed by atoms with Crippen molar-refractivity contribution in [3.8, 4) is 0 Å². The van der Waals surface area contributed by atoms with Crippen LogP contribution in [-0.2, 0) is 21.4 Å². The predicted octanol–water partition coefficient (Wildman–Crippen LogP) is 1.70. The third kappa shape index (κ3) is 4.74. The van der Waals surface area contributed by atoms with Gasteiger partial charge in [-0.15, -0.1) is 0 Å². The fourth-order valence-electron chi connectivity index (χ4n) is 3.17. The van der Waals surface area contributed by atoms with Crippen LogP contribution in [0, 0.1) is 0 Å². The first-order chi connectivity index (χ1) is 13.0. The van der Waals surface area contributed by atoms with Crippen molar-refractivity contribution >= 4 is 15.9 Å². The Morgan fingerprint density at radius 3 is 2.11 bits per heavy atom. The summed E-state index contributed by atoms with van der Waals surface area (Å²) >= 11 is 0. The van der Waals surface area contributed by atoms with Crippen LogP contribution in [0.5, 0.6) is 0 Å². The third-order valence-electron chi connectivity index (χ3n) is 4.89. The Hall–Kier alpha value is -2.22. The Bertz CT molecular complexity index is 849. The van der Waals surface area contributed by atoms with Gasteiger partial charge in [0.1, 0.15) is 0 Å². The molecule has 3 rings (SSSR count). The summed E-state index contributed by atoms with van der Waals surface area (Å²) in [6, 6.07) is 17.9. The molecule has 1 heterocycles. The average molecular weight is 388 g/mol. The Morgan fingerprint density at radius 2 is 1.52 bits per heavy atom. The highest BCUT2D eigenvalue weighted by Crippen LogP contribution is 2.18. The smallest absolute Gasteiger partial charge is 0.243 e. The number of benzene rings is 2. The van der Waals surface area contributed by atoms with Gasteiger partial charge in [-0.2, -0.15) is 4.31 Å². The number of hydrogen-bond donors (Lipinski definition) is 1. The lowest BCUT2D eigenvalue weighted by atomic mass is 10.2. The lowest BCUT2D eigenvalue weighted by molar-refractivity contribution is -0.126. The SMILES string of the molecule is CC(C(=O)NCc1ccccc1)N1CCN(S(=O)(=O)c2ccccc2)CC1. The zero-order chi connectivity index (χ0) is 19.3. The van der Waals surface area contributed by atoms with Crippen molar-refractivity contribution in [2.45, 2.75) is 24.4 Å². The molecule has 1 unspecified atom stereocenters. The van der Waals surface area contributed by atoms with Crippen LogP contribution in [-0.4, -0.2) is 55.8 Å². The number of carbonyl (C=O) groups excluding carboxylic acids is 1. The van der Waals surface area contributed by atoms with Crippen LogP contribution in [0.4, 0.5) is 0 Å². The molecule has 2 aromatic rings. The Labute approximate surface area is 160 Å². The Kier molecular flexibility index (Phi) is 6.26. The Morgan fingerprint density at radius 1 is 0.963 bits per heavy atom. The van der Waals surface area contributed by atoms with Gasteiger partial charge in [0.25, 0.3) is 0 Å². The number of nitrogens with one attached hydrogen (secondary N) is 1. The molecule has 144 valence electrons. The van der Waals surface area contributed by atoms with Gasteiger partial charge in [-0.25, -0.2) is 8.42 Å². The summed E-state index contributed by atoms with van der Waals surface area (Å²) in [5.74, 6) is -0.0433. The fraction of sp³-hybridized carbons (Fsp3) is 0.350. The monoisotopic (exact) mass is 387 g/mol. The molecular formula is C20H25N3O3S. The van der Waals surface area contributed by atoms with Gasteiger partial charge in [0, 0.05) is 32.7 Å². The highest BCUT2D eigenvalue weighted by Gasteiger charge is 2.31. The Balaban J connectivity index is 1.53. The van der Waals surface area contributed by atoms with E-state index in [1.165, 1.54) is 4.31 Å². The molecule has 7 heteroatoms. The minimum absolute atomic E-state index is 0.0433. The zero-order valence-corrected chi connectivity index (χ0v) is 16.2. The molecule has 1 fully saturated rings. The molecule has 1 amide bonds. The van der Waals surface area contributed by atoms with E-state index in [1.54, 1.807) is 30.3 Å². The maximum absolute atomic E-state index is 12.7. The standard InChI is InChI=1S/C20H25N3O3S/c1-17(20(24)21-16-18-8-4-2-5-9-18)22-12-14-23(15-13-22)27(25,26)19-10-6-3-7-11-19/h2-11,17H,12-16H2,1H3,(H,21,24). The number of sulfonamides is 1. The topological polar surface area (TPSA) is 69.7 Å². The summed E-state index contributed by atoms with van der Waals surface area (Å²) in [5, 5.41) is 2.95. The van der Waals surface area contributed by atoms with E-state index in [9.17, 15) is 13.2 Å². The van der Waals surface area contributed by atoms with Crippen molar-refractivity contribution in [2.24, 2.45) is 0 Å². The van der Waals surface area contributed by atoms with E-state index in [0.717, 1.165) is 5.56 Å². The van der Waals surface area contributed by atoms with Crippen molar-refractivity contribution in [3.05, 3.63) is 66.2 Å². The molecule has 2 aromatic carbocycles. The number of piperazine rings is 1. The molecule has 1 N–H and O–H groups in total. The van der Waals surface area contributed by atoms with Gasteiger partial charge in [-0.05, 0) is 24.6 Å². The lowest BCUT2D eigenvalue weighted by Crippen LogP contribution is -2.54. The van der Waals surface area contributed by atoms with E-state index in [4.69, 9.17) is 0 Å². The first-order valence-corrected chi connectivity index (χ1v) is 10.5. The van der Waals surface area contributed by atoms with Crippen LogP contribution in [0.1, 0.15) is 12.5 Å². The normalized spacial score (nSPS) is 17.4. The van der Waals surface area contributed by atoms with E-state index in [0.29, 0.717) is 37.6 Å². The number of amides is 1. The summed E-state index contributed by atoms with van der Waals surface area (Å²) in [5.41, 5.74) is 1.05. The van der Waals surface area contributed by atoms with Gasteiger partial charge in [0.15, 0.2) is 0 Å². The molecule has 1 atom stereocenters. The molecule has 0 bridgehead atoms. The average Bonchev–Trinajstić information content (AvgIpc) is 2.73. The molecule has 1 aliphatic rings. The van der Waals surface area contributed by atoms with Crippen LogP contribution in [0.3, 0.4) is 0 Å². The quantitative estimate of drug-likeness (QED) is 0.819. The fourth-order valence-corrected chi connectivity index (χ4v) is 4.61. The van der Waals surface area contributed by atoms with Gasteiger partial charge in [-0.3, -0.25) is 9.69 Å². The van der Waals surface area contributed by atoms with E-state index >= 15 is 0 Å². The molecule has 27 heavy (non-hydrogen) atoms. The molecule has 1 aliphatic heterocycles. The molecule has 0 spiro atoms. The predicted molar refractivity (Wildman–Crippen MR) is 105 cm³/mol. The van der Waals surface area contributed by atoms with Gasteiger partial charge in [0.05, 0.1) is 10.9 Å². The first-order valence-electron chi connectivity index (χ1n) is 9.09. The van der Waals surface area contributed by atoms with Gasteiger partial charge in [0.2, 0.25) is 15.9 Å². The highest BCUT2D eigenvalue weighted by molar-refractivity contribution is 7.89. The van der Waals surface area contributed by atoms with E-state index in [2.05, 4.69) is 5.32 Å². The number of rotatable bonds is 6. The highest BCUT2D eigenvalue weighted by atomic mass is 32.2. The van der Waals surface area contributed by atoms with E-state index in [1.807, 2.05) is 42.2 Å². The van der Waals surface area contributed by atoms with Crippen molar-refractivity contribution < 1.29 is 13.2 Å². The van der Waals surface area contributed by atoms with Gasteiger partial charge in [-0.1, -0.05) is 48.5 Å². The van der Waals surface area contributed by atoms with Crippen molar-refractivity contribution in [3.63, 3.8) is 0 Å². The van der Waals surface area contributed by atoms with Gasteiger partial charge < -0.3 is 5.32 Å². The second kappa shape index (κ2) is 8.65. The summed E-state index contributed by atoms with van der Waals surface area (Å²) in [7, 11) is -3.47. The molecule has 1 saturated heterocycles. The summed E-state index contributed by atoms with van der Waals surface area (Å²) < 4.78 is 26.9. The van der Waals surface area contributed by atoms with Crippen LogP contribution in [0.2, 0.25) is 0 Å². The number of hydrogen-bond acceptors (Lipinski definition) is 4. The zero-order valence-electron chi connectivity index (χ0n) is 15.4. The van der Waals surface area contributed by atoms with Gasteiger partial charge >= 0.3 is 0 Å². The van der Waals surface area contributed by atoms with Crippen molar-refractivity contribution in [1.29, 1.82) is 0 Å². The summed E-state index contributed by atoms with van der Waals surface area (Å²) in [6.45, 7) is 4.19. The van der Waals surface area contributed by atoms with Crippen LogP contribution in [0.15, 0.2) is 65.6 Å². The molecule has 6 nitrogen and oxygen atoms in total. The largest absolute Gasteiger partial charge is 0.351 e. The van der Waals surface area contributed by atoms with Crippen molar-refractivity contribution in [1.82, 2.24) is 14.5 Å². The maximum Gasteiger partial charge on any atom is 0.243 e. The van der Waals surface area contributed by atoms with Crippen molar-refractivity contribution in [2.75, 3.05) is 26.2 Å². The van der Waals surface area contributed by atoms with Crippen LogP contribution >= 0.6 is 0 Å². The van der Waals surface area contributed by atoms with E-state index < -0.39 is 10.0 Å². The molecule has 0 radical (unpaired) electrons. The third-order valence-corrected chi connectivity index (χ3v) is 6.80. The minimum Gasteiger partial charge on any atom is -0.351 e. The summed E-state index contributed by atoms with van der Waals surface area (Å²) in [4.78, 5) is 14.8. The lowest BCUT2D eigenvalue weighted by Gasteiger charge is -2.36. The van der Waals surface area contributed by atoms with Crippen LogP contribution in [0.25, 0.3) is 0 Å². The number of carbonyl (C=O) groups is 1. The second-order valence-electron chi connectivity index (χ2n) is 6.63. The number of nitrogens with zero attached hydrogens (tertiary/aromatic N) is 2. The second-order valence-corrected chi connectivity index (χ2v) is 8.57. The minimum atomic E-state index is -3.47. The maximum atomic E-state index is 12.7. The molecule has 0 aliphatic carbocycles. The van der Waals surface area contributed by atoms with Crippen LogP contribution < -0.4 is 5.32 Å². The molecule has 0 aromatic heterocycles. The molecule has 0 saturated carbocycles. The summed E-state index contributed by atoms with van der Waals surface area (Å²) in [6.07, 6.45) is 0. The molecular weight excluding hydrogens is 362 g/mol. The van der Waals surface area contributed by atoms with E-state index in [-0.39, 0.29) is 11.9 Å².